The van der Waals surface area contributed by atoms with Gasteiger partial charge in [0, 0.05) is 21.5 Å². The van der Waals surface area contributed by atoms with Crippen molar-refractivity contribution in [3.05, 3.63) is 111 Å². The zero-order valence-electron chi connectivity index (χ0n) is 22.1. The lowest BCUT2D eigenvalue weighted by molar-refractivity contribution is -0.122. The van der Waals surface area contributed by atoms with Gasteiger partial charge in [-0.05, 0) is 97.9 Å². The van der Waals surface area contributed by atoms with Crippen LogP contribution in [0, 0.1) is 13.8 Å². The van der Waals surface area contributed by atoms with E-state index in [2.05, 4.69) is 25.8 Å². The van der Waals surface area contributed by atoms with E-state index in [1.54, 1.807) is 30.3 Å². The molecule has 4 aromatic rings. The number of aryl methyl sites for hydroxylation is 1. The Labute approximate surface area is 246 Å². The fourth-order valence-corrected chi connectivity index (χ4v) is 5.15. The molecule has 1 aliphatic heterocycles. The highest BCUT2D eigenvalue weighted by molar-refractivity contribution is 9.10. The molecule has 3 aromatic carbocycles. The predicted octanol–water partition coefficient (Wildman–Crippen LogP) is 6.28. The first-order valence-electron chi connectivity index (χ1n) is 12.5. The molecular weight excluding hydrogens is 590 g/mol. The maximum Gasteiger partial charge on any atom is 0.270 e. The second kappa shape index (κ2) is 11.5. The van der Waals surface area contributed by atoms with Crippen LogP contribution in [0.3, 0.4) is 0 Å². The fraction of sp³-hybridized carbons (Fsp3) is 0.129. The summed E-state index contributed by atoms with van der Waals surface area (Å²) in [5, 5.41) is 2.64. The maximum atomic E-state index is 13.5. The van der Waals surface area contributed by atoms with Crippen LogP contribution in [0.4, 0.5) is 5.69 Å². The first-order chi connectivity index (χ1) is 19.3. The van der Waals surface area contributed by atoms with Crippen molar-refractivity contribution in [3.63, 3.8) is 0 Å². The van der Waals surface area contributed by atoms with E-state index in [-0.39, 0.29) is 10.7 Å². The highest BCUT2D eigenvalue weighted by Gasteiger charge is 2.36. The zero-order chi connectivity index (χ0) is 28.4. The van der Waals surface area contributed by atoms with E-state index in [0.717, 1.165) is 38.4 Å². The molecule has 2 heterocycles. The minimum atomic E-state index is -0.543. The second-order valence-corrected chi connectivity index (χ2v) is 10.5. The van der Waals surface area contributed by atoms with Gasteiger partial charge in [-0.15, -0.1) is 0 Å². The summed E-state index contributed by atoms with van der Waals surface area (Å²) in [5.74, 6) is 0.165. The molecule has 1 aromatic heterocycles. The van der Waals surface area contributed by atoms with E-state index in [0.29, 0.717) is 18.0 Å². The van der Waals surface area contributed by atoms with Crippen molar-refractivity contribution >= 4 is 56.8 Å². The number of nitrogens with one attached hydrogen (secondary N) is 1. The van der Waals surface area contributed by atoms with E-state index in [1.165, 1.54) is 12.0 Å². The standard InChI is InChI=1S/C31H26BrN3O4S/c1-19-16-22(17-26-29(36)33-31(40)35(30(26)37)27-6-4-5-7-28(27)38-3)20(2)34(19)24-12-14-25(15-13-24)39-18-21-8-10-23(32)11-9-21/h4-17H,18H2,1-3H3,(H,33,36,40)/b26-17+. The summed E-state index contributed by atoms with van der Waals surface area (Å²) in [7, 11) is 1.52. The average Bonchev–Trinajstić information content (AvgIpc) is 3.23. The van der Waals surface area contributed by atoms with Gasteiger partial charge in [0.25, 0.3) is 11.8 Å². The van der Waals surface area contributed by atoms with Gasteiger partial charge in [-0.3, -0.25) is 14.9 Å². The van der Waals surface area contributed by atoms with Crippen LogP contribution in [0.1, 0.15) is 22.5 Å². The van der Waals surface area contributed by atoms with Crippen LogP contribution in [0.25, 0.3) is 11.8 Å². The van der Waals surface area contributed by atoms with Crippen molar-refractivity contribution in [2.45, 2.75) is 20.5 Å². The third-order valence-corrected chi connectivity index (χ3v) is 7.42. The number of methoxy groups -OCH3 is 1. The summed E-state index contributed by atoms with van der Waals surface area (Å²) in [4.78, 5) is 27.7. The third-order valence-electron chi connectivity index (χ3n) is 6.61. The Morgan fingerprint density at radius 1 is 0.975 bits per heavy atom. The molecule has 5 rings (SSSR count). The molecule has 1 saturated heterocycles. The number of nitrogens with zero attached hydrogens (tertiary/aromatic N) is 2. The monoisotopic (exact) mass is 615 g/mol. The molecule has 9 heteroatoms. The van der Waals surface area contributed by atoms with Crippen molar-refractivity contribution in [2.24, 2.45) is 0 Å². The highest BCUT2D eigenvalue weighted by Crippen LogP contribution is 2.32. The Kier molecular flexibility index (Phi) is 7.86. The Morgan fingerprint density at radius 2 is 1.68 bits per heavy atom. The second-order valence-electron chi connectivity index (χ2n) is 9.20. The number of carbonyl (C=O) groups excluding carboxylic acids is 2. The molecule has 0 spiro atoms. The number of carbonyl (C=O) groups is 2. The molecule has 0 bridgehead atoms. The smallest absolute Gasteiger partial charge is 0.270 e. The lowest BCUT2D eigenvalue weighted by atomic mass is 10.1. The van der Waals surface area contributed by atoms with E-state index in [1.807, 2.05) is 68.4 Å². The van der Waals surface area contributed by atoms with Crippen LogP contribution in [0.5, 0.6) is 11.5 Å². The predicted molar refractivity (Wildman–Crippen MR) is 163 cm³/mol. The summed E-state index contributed by atoms with van der Waals surface area (Å²) < 4.78 is 14.5. The van der Waals surface area contributed by atoms with Crippen molar-refractivity contribution in [1.82, 2.24) is 9.88 Å². The number of aromatic nitrogens is 1. The lowest BCUT2D eigenvalue weighted by Crippen LogP contribution is -2.54. The number of halogens is 1. The van der Waals surface area contributed by atoms with Crippen LogP contribution < -0.4 is 19.7 Å². The normalized spacial score (nSPS) is 14.4. The van der Waals surface area contributed by atoms with Crippen LogP contribution in [0.15, 0.2) is 88.9 Å². The number of ether oxygens (including phenoxy) is 2. The van der Waals surface area contributed by atoms with Gasteiger partial charge in [-0.25, -0.2) is 4.90 Å². The fourth-order valence-electron chi connectivity index (χ4n) is 4.62. The molecule has 40 heavy (non-hydrogen) atoms. The molecular formula is C31H26BrN3O4S. The molecule has 202 valence electrons. The molecule has 1 fully saturated rings. The number of benzene rings is 3. The van der Waals surface area contributed by atoms with Gasteiger partial charge in [0.1, 0.15) is 23.7 Å². The Balaban J connectivity index is 1.40. The summed E-state index contributed by atoms with van der Waals surface area (Å²) >= 11 is 8.78. The molecule has 7 nitrogen and oxygen atoms in total. The quantitative estimate of drug-likeness (QED) is 0.151. The van der Waals surface area contributed by atoms with Crippen molar-refractivity contribution in [2.75, 3.05) is 12.0 Å². The SMILES string of the molecule is COc1ccccc1N1C(=O)/C(=C/c2cc(C)n(-c3ccc(OCc4ccc(Br)cc4)cc3)c2C)C(=O)NC1=S. The number of amides is 2. The van der Waals surface area contributed by atoms with E-state index >= 15 is 0 Å². The number of para-hydroxylation sites is 2. The van der Waals surface area contributed by atoms with Crippen molar-refractivity contribution < 1.29 is 19.1 Å². The van der Waals surface area contributed by atoms with E-state index in [9.17, 15) is 9.59 Å². The van der Waals surface area contributed by atoms with Gasteiger partial charge in [0.15, 0.2) is 5.11 Å². The van der Waals surface area contributed by atoms with Gasteiger partial charge >= 0.3 is 0 Å². The largest absolute Gasteiger partial charge is 0.495 e. The van der Waals surface area contributed by atoms with Gasteiger partial charge in [-0.2, -0.15) is 0 Å². The van der Waals surface area contributed by atoms with Gasteiger partial charge in [0.2, 0.25) is 0 Å². The first kappa shape index (κ1) is 27.4. The number of hydrogen-bond donors (Lipinski definition) is 1. The van der Waals surface area contributed by atoms with E-state index in [4.69, 9.17) is 21.7 Å². The van der Waals surface area contributed by atoms with Crippen LogP contribution in [-0.2, 0) is 16.2 Å². The Hall–Kier alpha value is -4.21. The molecule has 1 N–H and O–H groups in total. The molecule has 1 aliphatic rings. The minimum Gasteiger partial charge on any atom is -0.495 e. The zero-order valence-corrected chi connectivity index (χ0v) is 24.5. The Bertz CT molecular complexity index is 1640. The Morgan fingerprint density at radius 3 is 2.38 bits per heavy atom. The van der Waals surface area contributed by atoms with Gasteiger partial charge < -0.3 is 14.0 Å². The number of thiocarbonyl (C=S) groups is 1. The molecule has 0 aliphatic carbocycles. The third kappa shape index (κ3) is 5.43. The highest BCUT2D eigenvalue weighted by atomic mass is 79.9. The molecule has 0 atom stereocenters. The van der Waals surface area contributed by atoms with Crippen LogP contribution in [0.2, 0.25) is 0 Å². The number of hydrogen-bond acceptors (Lipinski definition) is 5. The van der Waals surface area contributed by atoms with Crippen molar-refractivity contribution in [1.29, 1.82) is 0 Å². The molecule has 2 amide bonds. The van der Waals surface area contributed by atoms with Crippen LogP contribution >= 0.6 is 28.1 Å². The molecule has 0 unspecified atom stereocenters. The van der Waals surface area contributed by atoms with E-state index < -0.39 is 11.8 Å². The number of anilines is 1. The van der Waals surface area contributed by atoms with Gasteiger partial charge in [-0.1, -0.05) is 40.2 Å². The van der Waals surface area contributed by atoms with Crippen molar-refractivity contribution in [3.8, 4) is 17.2 Å². The lowest BCUT2D eigenvalue weighted by Gasteiger charge is -2.29. The summed E-state index contributed by atoms with van der Waals surface area (Å²) in [5.41, 5.74) is 5.04. The number of rotatable bonds is 7. The molecule has 0 saturated carbocycles. The molecule has 0 radical (unpaired) electrons. The van der Waals surface area contributed by atoms with Crippen LogP contribution in [-0.4, -0.2) is 28.6 Å². The summed E-state index contributed by atoms with van der Waals surface area (Å²) in [6.45, 7) is 4.40. The summed E-state index contributed by atoms with van der Waals surface area (Å²) in [6, 6.07) is 24.8. The first-order valence-corrected chi connectivity index (χ1v) is 13.7. The average molecular weight is 617 g/mol. The maximum absolute atomic E-state index is 13.5. The minimum absolute atomic E-state index is 0.00423. The van der Waals surface area contributed by atoms with Gasteiger partial charge in [0.05, 0.1) is 12.8 Å². The summed E-state index contributed by atoms with van der Waals surface area (Å²) in [6.07, 6.45) is 1.61. The topological polar surface area (TPSA) is 72.8 Å².